The summed E-state index contributed by atoms with van der Waals surface area (Å²) in [5, 5.41) is 0.465. The highest BCUT2D eigenvalue weighted by molar-refractivity contribution is 6.30. The summed E-state index contributed by atoms with van der Waals surface area (Å²) in [6.07, 6.45) is -4.37. The van der Waals surface area contributed by atoms with E-state index in [-0.39, 0.29) is 0 Å². The van der Waals surface area contributed by atoms with Gasteiger partial charge in [0, 0.05) is 10.6 Å². The highest BCUT2D eigenvalue weighted by atomic mass is 35.5. The van der Waals surface area contributed by atoms with Crippen LogP contribution < -0.4 is 4.74 Å². The molecule has 0 heterocycles. The quantitative estimate of drug-likeness (QED) is 0.752. The van der Waals surface area contributed by atoms with Gasteiger partial charge < -0.3 is 4.74 Å². The summed E-state index contributed by atoms with van der Waals surface area (Å²) in [7, 11) is 1.45. The fourth-order valence-electron chi connectivity index (χ4n) is 1.77. The second kappa shape index (κ2) is 5.13. The molecule has 0 aliphatic carbocycles. The van der Waals surface area contributed by atoms with Crippen LogP contribution in [0, 0.1) is 0 Å². The molecular formula is C14H10ClF3O. The molecular weight excluding hydrogens is 277 g/mol. The summed E-state index contributed by atoms with van der Waals surface area (Å²) in [6.45, 7) is 0. The molecule has 0 aliphatic heterocycles. The summed E-state index contributed by atoms with van der Waals surface area (Å²) in [4.78, 5) is 0. The van der Waals surface area contributed by atoms with Crippen LogP contribution in [-0.2, 0) is 6.18 Å². The van der Waals surface area contributed by atoms with Crippen molar-refractivity contribution in [3.63, 3.8) is 0 Å². The van der Waals surface area contributed by atoms with Crippen molar-refractivity contribution < 1.29 is 17.9 Å². The standard InChI is InChI=1S/C14H10ClF3O/c1-19-13-8-11(15)5-6-12(13)9-3-2-4-10(7-9)14(16,17)18/h2-8H,1H3. The van der Waals surface area contributed by atoms with Gasteiger partial charge in [0.2, 0.25) is 0 Å². The van der Waals surface area contributed by atoms with Gasteiger partial charge in [-0.15, -0.1) is 0 Å². The van der Waals surface area contributed by atoms with Gasteiger partial charge in [0.25, 0.3) is 0 Å². The van der Waals surface area contributed by atoms with Crippen molar-refractivity contribution in [2.75, 3.05) is 7.11 Å². The first-order chi connectivity index (χ1) is 8.91. The molecule has 5 heteroatoms. The lowest BCUT2D eigenvalue weighted by molar-refractivity contribution is -0.137. The second-order valence-corrected chi connectivity index (χ2v) is 4.36. The van der Waals surface area contributed by atoms with E-state index < -0.39 is 11.7 Å². The molecule has 2 rings (SSSR count). The van der Waals surface area contributed by atoms with Gasteiger partial charge in [-0.1, -0.05) is 23.7 Å². The Kier molecular flexibility index (Phi) is 3.71. The van der Waals surface area contributed by atoms with Crippen molar-refractivity contribution in [3.05, 3.63) is 53.1 Å². The lowest BCUT2D eigenvalue weighted by atomic mass is 10.0. The van der Waals surface area contributed by atoms with Gasteiger partial charge in [-0.25, -0.2) is 0 Å². The maximum atomic E-state index is 12.7. The predicted octanol–water partition coefficient (Wildman–Crippen LogP) is 5.03. The van der Waals surface area contributed by atoms with E-state index in [4.69, 9.17) is 16.3 Å². The lowest BCUT2D eigenvalue weighted by Gasteiger charge is -2.12. The van der Waals surface area contributed by atoms with Gasteiger partial charge in [0.1, 0.15) is 5.75 Å². The van der Waals surface area contributed by atoms with Crippen molar-refractivity contribution in [3.8, 4) is 16.9 Å². The van der Waals surface area contributed by atoms with Gasteiger partial charge in [-0.2, -0.15) is 13.2 Å². The zero-order valence-electron chi connectivity index (χ0n) is 9.96. The molecule has 0 radical (unpaired) electrons. The van der Waals surface area contributed by atoms with Gasteiger partial charge in [0.05, 0.1) is 12.7 Å². The number of methoxy groups -OCH3 is 1. The van der Waals surface area contributed by atoms with Crippen LogP contribution in [0.5, 0.6) is 5.75 Å². The average Bonchev–Trinajstić information content (AvgIpc) is 2.37. The highest BCUT2D eigenvalue weighted by Gasteiger charge is 2.30. The Morgan fingerprint density at radius 2 is 1.79 bits per heavy atom. The molecule has 100 valence electrons. The van der Waals surface area contributed by atoms with Crippen molar-refractivity contribution in [2.24, 2.45) is 0 Å². The van der Waals surface area contributed by atoms with Gasteiger partial charge in [-0.3, -0.25) is 0 Å². The molecule has 0 aliphatic rings. The Morgan fingerprint density at radius 3 is 2.42 bits per heavy atom. The van der Waals surface area contributed by atoms with Gasteiger partial charge >= 0.3 is 6.18 Å². The van der Waals surface area contributed by atoms with Crippen LogP contribution in [0.15, 0.2) is 42.5 Å². The van der Waals surface area contributed by atoms with Gasteiger partial charge in [-0.05, 0) is 35.9 Å². The van der Waals surface area contributed by atoms with E-state index in [2.05, 4.69) is 0 Å². The third kappa shape index (κ3) is 3.01. The topological polar surface area (TPSA) is 9.23 Å². The Balaban J connectivity index is 2.53. The third-order valence-electron chi connectivity index (χ3n) is 2.66. The monoisotopic (exact) mass is 286 g/mol. The number of rotatable bonds is 2. The zero-order valence-corrected chi connectivity index (χ0v) is 10.7. The minimum atomic E-state index is -4.37. The summed E-state index contributed by atoms with van der Waals surface area (Å²) < 4.78 is 43.2. The first-order valence-corrected chi connectivity index (χ1v) is 5.81. The third-order valence-corrected chi connectivity index (χ3v) is 2.90. The Labute approximate surface area is 113 Å². The molecule has 1 nitrogen and oxygen atoms in total. The van der Waals surface area contributed by atoms with E-state index in [1.54, 1.807) is 24.3 Å². The summed E-state index contributed by atoms with van der Waals surface area (Å²) >= 11 is 5.83. The van der Waals surface area contributed by atoms with Crippen molar-refractivity contribution in [1.82, 2.24) is 0 Å². The molecule has 2 aromatic carbocycles. The molecule has 19 heavy (non-hydrogen) atoms. The molecule has 0 unspecified atom stereocenters. The molecule has 0 atom stereocenters. The molecule has 0 N–H and O–H groups in total. The van der Waals surface area contributed by atoms with Gasteiger partial charge in [0.15, 0.2) is 0 Å². The van der Waals surface area contributed by atoms with E-state index in [0.717, 1.165) is 12.1 Å². The van der Waals surface area contributed by atoms with Crippen molar-refractivity contribution in [1.29, 1.82) is 0 Å². The van der Waals surface area contributed by atoms with Crippen LogP contribution in [-0.4, -0.2) is 7.11 Å². The van der Waals surface area contributed by atoms with Crippen LogP contribution in [0.4, 0.5) is 13.2 Å². The van der Waals surface area contributed by atoms with Crippen molar-refractivity contribution >= 4 is 11.6 Å². The van der Waals surface area contributed by atoms with E-state index in [1.165, 1.54) is 13.2 Å². The fraction of sp³-hybridized carbons (Fsp3) is 0.143. The first kappa shape index (κ1) is 13.7. The van der Waals surface area contributed by atoms with Crippen LogP contribution >= 0.6 is 11.6 Å². The average molecular weight is 287 g/mol. The maximum Gasteiger partial charge on any atom is 0.416 e. The van der Waals surface area contributed by atoms with E-state index in [9.17, 15) is 13.2 Å². The Hall–Kier alpha value is -1.68. The number of alkyl halides is 3. The first-order valence-electron chi connectivity index (χ1n) is 5.43. The van der Waals surface area contributed by atoms with Crippen LogP contribution in [0.2, 0.25) is 5.02 Å². The molecule has 0 amide bonds. The summed E-state index contributed by atoms with van der Waals surface area (Å²) in [5.41, 5.74) is 0.309. The number of ether oxygens (including phenoxy) is 1. The highest BCUT2D eigenvalue weighted by Crippen LogP contribution is 2.36. The number of halogens is 4. The van der Waals surface area contributed by atoms with Crippen LogP contribution in [0.25, 0.3) is 11.1 Å². The molecule has 0 fully saturated rings. The lowest BCUT2D eigenvalue weighted by Crippen LogP contribution is -2.04. The summed E-state index contributed by atoms with van der Waals surface area (Å²) in [5.74, 6) is 0.437. The predicted molar refractivity (Wildman–Crippen MR) is 68.4 cm³/mol. The normalized spacial score (nSPS) is 11.4. The van der Waals surface area contributed by atoms with Crippen molar-refractivity contribution in [2.45, 2.75) is 6.18 Å². The molecule has 2 aromatic rings. The van der Waals surface area contributed by atoms with E-state index in [1.807, 2.05) is 0 Å². The van der Waals surface area contributed by atoms with E-state index in [0.29, 0.717) is 21.9 Å². The number of benzene rings is 2. The molecule has 0 saturated carbocycles. The number of hydrogen-bond acceptors (Lipinski definition) is 1. The maximum absolute atomic E-state index is 12.7. The molecule has 0 spiro atoms. The zero-order chi connectivity index (χ0) is 14.0. The molecule has 0 saturated heterocycles. The van der Waals surface area contributed by atoms with E-state index >= 15 is 0 Å². The minimum Gasteiger partial charge on any atom is -0.496 e. The number of hydrogen-bond donors (Lipinski definition) is 0. The molecule has 0 bridgehead atoms. The van der Waals surface area contributed by atoms with Crippen LogP contribution in [0.3, 0.4) is 0 Å². The summed E-state index contributed by atoms with van der Waals surface area (Å²) in [6, 6.07) is 9.90. The molecule has 0 aromatic heterocycles. The SMILES string of the molecule is COc1cc(Cl)ccc1-c1cccc(C(F)(F)F)c1. The largest absolute Gasteiger partial charge is 0.496 e. The second-order valence-electron chi connectivity index (χ2n) is 3.92. The Morgan fingerprint density at radius 1 is 1.05 bits per heavy atom. The minimum absolute atomic E-state index is 0.434. The smallest absolute Gasteiger partial charge is 0.416 e. The fourth-order valence-corrected chi connectivity index (χ4v) is 1.93. The Bertz CT molecular complexity index is 593. The van der Waals surface area contributed by atoms with Crippen LogP contribution in [0.1, 0.15) is 5.56 Å².